The van der Waals surface area contributed by atoms with Crippen molar-refractivity contribution in [3.63, 3.8) is 0 Å². The van der Waals surface area contributed by atoms with Crippen LogP contribution >= 0.6 is 30.2 Å². The molecule has 0 fully saturated rings. The maximum atomic E-state index is 12.1. The van der Waals surface area contributed by atoms with Gasteiger partial charge in [0.2, 0.25) is 0 Å². The van der Waals surface area contributed by atoms with Crippen molar-refractivity contribution in [1.82, 2.24) is 19.6 Å². The molecule has 4 rings (SSSR count). The molecule has 10 nitrogen and oxygen atoms in total. The average Bonchev–Trinajstić information content (AvgIpc) is 3.43. The highest BCUT2D eigenvalue weighted by Crippen LogP contribution is 2.38. The molecule has 0 radical (unpaired) electrons. The second-order valence-electron chi connectivity index (χ2n) is 9.40. The van der Waals surface area contributed by atoms with Crippen LogP contribution in [0, 0.1) is 0 Å². The average molecular weight is 655 g/mol. The normalized spacial score (nSPS) is 10.6. The predicted octanol–water partition coefficient (Wildman–Crippen LogP) is 3.57. The maximum absolute atomic E-state index is 12.1. The smallest absolute Gasteiger partial charge is 0.423 e. The molecule has 0 amide bonds. The summed E-state index contributed by atoms with van der Waals surface area (Å²) in [5.41, 5.74) is 15.1. The molecule has 0 aliphatic rings. The van der Waals surface area contributed by atoms with E-state index in [1.165, 1.54) is 10.9 Å². The third kappa shape index (κ3) is 11.1. The highest BCUT2D eigenvalue weighted by molar-refractivity contribution is 9.10. The van der Waals surface area contributed by atoms with Crippen LogP contribution in [0.25, 0.3) is 11.1 Å². The molecule has 0 saturated carbocycles. The van der Waals surface area contributed by atoms with Crippen molar-refractivity contribution < 1.29 is 19.2 Å². The molecule has 0 bridgehead atoms. The van der Waals surface area contributed by atoms with E-state index in [1.54, 1.807) is 62.9 Å². The van der Waals surface area contributed by atoms with Crippen LogP contribution in [0.3, 0.4) is 0 Å². The number of anilines is 2. The summed E-state index contributed by atoms with van der Waals surface area (Å²) in [5.74, 6) is 0. The predicted molar refractivity (Wildman–Crippen MR) is 176 cm³/mol. The lowest BCUT2D eigenvalue weighted by Crippen LogP contribution is -2.28. The lowest BCUT2D eigenvalue weighted by Gasteiger charge is -2.11. The van der Waals surface area contributed by atoms with Gasteiger partial charge in [-0.15, -0.1) is 0 Å². The van der Waals surface area contributed by atoms with Crippen molar-refractivity contribution in [2.75, 3.05) is 38.1 Å². The fourth-order valence-corrected chi connectivity index (χ4v) is 6.15. The number of hydrogen-bond acceptors (Lipinski definition) is 8. The SMILES string of the molecule is C.C.CP(C)(=O)c1cc(Br)ccc1N.Cn1cc(-c2ccc(N)c(P(C)(C)=O)c2)cn1.Cn1cc(B(O)O)cn1. The summed E-state index contributed by atoms with van der Waals surface area (Å²) in [5, 5.41) is 26.4. The van der Waals surface area contributed by atoms with Crippen LogP contribution in [-0.4, -0.2) is 63.4 Å². The molecule has 2 aromatic heterocycles. The number of aryl methyl sites for hydroxylation is 2. The van der Waals surface area contributed by atoms with Gasteiger partial charge in [0, 0.05) is 70.2 Å². The number of hydrogen-bond donors (Lipinski definition) is 4. The van der Waals surface area contributed by atoms with Gasteiger partial charge in [0.05, 0.1) is 6.20 Å². The zero-order valence-electron chi connectivity index (χ0n) is 22.3. The van der Waals surface area contributed by atoms with E-state index in [0.717, 1.165) is 26.2 Å². The van der Waals surface area contributed by atoms with Crippen LogP contribution in [0.2, 0.25) is 0 Å². The summed E-state index contributed by atoms with van der Waals surface area (Å²) in [6.07, 6.45) is 6.66. The van der Waals surface area contributed by atoms with Crippen LogP contribution in [0.1, 0.15) is 14.9 Å². The molecule has 2 heterocycles. The summed E-state index contributed by atoms with van der Waals surface area (Å²) in [6.45, 7) is 6.88. The van der Waals surface area contributed by atoms with Gasteiger partial charge < -0.3 is 30.6 Å². The largest absolute Gasteiger partial charge is 0.491 e. The van der Waals surface area contributed by atoms with E-state index in [4.69, 9.17) is 21.5 Å². The lowest BCUT2D eigenvalue weighted by atomic mass is 9.83. The van der Waals surface area contributed by atoms with Crippen LogP contribution in [0.5, 0.6) is 0 Å². The molecule has 0 aliphatic carbocycles. The lowest BCUT2D eigenvalue weighted by molar-refractivity contribution is 0.425. The van der Waals surface area contributed by atoms with Gasteiger partial charge in [-0.2, -0.15) is 10.2 Å². The fraction of sp³-hybridized carbons (Fsp3) is 0.308. The Bertz CT molecular complexity index is 1480. The number of rotatable bonds is 4. The van der Waals surface area contributed by atoms with Crippen molar-refractivity contribution in [3.8, 4) is 11.1 Å². The summed E-state index contributed by atoms with van der Waals surface area (Å²) >= 11 is 3.31. The third-order valence-electron chi connectivity index (χ3n) is 5.24. The highest BCUT2D eigenvalue weighted by atomic mass is 79.9. The van der Waals surface area contributed by atoms with Crippen molar-refractivity contribution in [2.24, 2.45) is 14.1 Å². The third-order valence-corrected chi connectivity index (χ3v) is 8.83. The molecule has 0 aliphatic heterocycles. The van der Waals surface area contributed by atoms with Gasteiger partial charge in [0.25, 0.3) is 0 Å². The molecule has 4 aromatic rings. The second kappa shape index (κ2) is 15.4. The minimum Gasteiger partial charge on any atom is -0.423 e. The molecule has 2 aromatic carbocycles. The minimum atomic E-state index is -2.35. The Labute approximate surface area is 246 Å². The number of benzene rings is 2. The first-order chi connectivity index (χ1) is 17.5. The van der Waals surface area contributed by atoms with Crippen molar-refractivity contribution in [1.29, 1.82) is 0 Å². The van der Waals surface area contributed by atoms with Gasteiger partial charge in [-0.1, -0.05) is 36.8 Å². The quantitative estimate of drug-likeness (QED) is 0.147. The molecule has 6 N–H and O–H groups in total. The van der Waals surface area contributed by atoms with Gasteiger partial charge in [0.1, 0.15) is 14.3 Å². The van der Waals surface area contributed by atoms with Crippen LogP contribution in [-0.2, 0) is 23.2 Å². The van der Waals surface area contributed by atoms with Gasteiger partial charge in [0.15, 0.2) is 0 Å². The molecule has 14 heteroatoms. The van der Waals surface area contributed by atoms with Gasteiger partial charge in [-0.05, 0) is 62.6 Å². The Morgan fingerprint density at radius 1 is 0.775 bits per heavy atom. The van der Waals surface area contributed by atoms with Crippen LogP contribution < -0.4 is 27.5 Å². The van der Waals surface area contributed by atoms with Gasteiger partial charge >= 0.3 is 7.12 Å². The first kappa shape index (κ1) is 37.4. The van der Waals surface area contributed by atoms with Crippen LogP contribution in [0.4, 0.5) is 11.4 Å². The molecular weight excluding hydrogens is 613 g/mol. The molecule has 40 heavy (non-hydrogen) atoms. The first-order valence-corrected chi connectivity index (χ1v) is 17.4. The van der Waals surface area contributed by atoms with E-state index in [1.807, 2.05) is 37.5 Å². The number of nitrogens with zero attached hydrogens (tertiary/aromatic N) is 4. The number of aromatic nitrogens is 4. The Morgan fingerprint density at radius 2 is 1.25 bits per heavy atom. The van der Waals surface area contributed by atoms with Gasteiger partial charge in [-0.25, -0.2) is 0 Å². The standard InChI is InChI=1S/C12H16N3OP.C8H11BrNOP.C4H7BN2O2.2CH4/c1-15-8-10(7-14-15)9-4-5-11(13)12(6-9)17(2,3)16;1-12(2,11)8-5-6(9)3-4-7(8)10;1-7-3-4(2-6-7)5(8)9;;/h4-8H,13H2,1-3H3;3-5H,10H2,1-2H3;2-3,8-9H,1H3;2*1H4. The molecule has 0 saturated heterocycles. The minimum absolute atomic E-state index is 0. The Balaban J connectivity index is 0.000000586. The van der Waals surface area contributed by atoms with E-state index in [-0.39, 0.29) is 14.9 Å². The van der Waals surface area contributed by atoms with E-state index in [2.05, 4.69) is 26.1 Å². The number of halogens is 1. The maximum Gasteiger partial charge on any atom is 0.491 e. The highest BCUT2D eigenvalue weighted by Gasteiger charge is 2.16. The second-order valence-corrected chi connectivity index (χ2v) is 16.7. The van der Waals surface area contributed by atoms with E-state index < -0.39 is 21.4 Å². The molecule has 0 unspecified atom stereocenters. The fourth-order valence-electron chi connectivity index (χ4n) is 3.32. The first-order valence-electron chi connectivity index (χ1n) is 11.4. The van der Waals surface area contributed by atoms with E-state index in [0.29, 0.717) is 16.8 Å². The molecule has 220 valence electrons. The van der Waals surface area contributed by atoms with E-state index in [9.17, 15) is 9.13 Å². The Morgan fingerprint density at radius 3 is 1.62 bits per heavy atom. The number of nitrogens with two attached hydrogens (primary N) is 2. The summed E-state index contributed by atoms with van der Waals surface area (Å²) in [4.78, 5) is 0. The monoisotopic (exact) mass is 654 g/mol. The summed E-state index contributed by atoms with van der Waals surface area (Å²) in [6, 6.07) is 11.0. The molecular formula is C26H42BBrN6O4P2. The van der Waals surface area contributed by atoms with Crippen LogP contribution in [0.15, 0.2) is 65.7 Å². The summed E-state index contributed by atoms with van der Waals surface area (Å²) < 4.78 is 28.0. The number of nitrogen functional groups attached to an aromatic ring is 2. The molecule has 0 atom stereocenters. The van der Waals surface area contributed by atoms with Gasteiger partial charge in [-0.3, -0.25) is 9.36 Å². The van der Waals surface area contributed by atoms with Crippen molar-refractivity contribution >= 4 is 64.8 Å². The van der Waals surface area contributed by atoms with Crippen molar-refractivity contribution in [2.45, 2.75) is 14.9 Å². The van der Waals surface area contributed by atoms with Crippen molar-refractivity contribution in [3.05, 3.63) is 65.7 Å². The Hall–Kier alpha value is -2.62. The zero-order valence-corrected chi connectivity index (χ0v) is 25.7. The Kier molecular flexibility index (Phi) is 14.4. The zero-order chi connectivity index (χ0) is 28.8. The molecule has 0 spiro atoms. The van der Waals surface area contributed by atoms with E-state index >= 15 is 0 Å². The topological polar surface area (TPSA) is 162 Å². The summed E-state index contributed by atoms with van der Waals surface area (Å²) in [7, 11) is -2.41.